The van der Waals surface area contributed by atoms with Crippen molar-refractivity contribution in [1.82, 2.24) is 14.2 Å². The summed E-state index contributed by atoms with van der Waals surface area (Å²) in [7, 11) is -1.08. The van der Waals surface area contributed by atoms with Gasteiger partial charge < -0.3 is 37.2 Å². The number of benzene rings is 3. The fraction of sp³-hybridized carbons (Fsp3) is 0.540. The van der Waals surface area contributed by atoms with E-state index in [9.17, 15) is 14.9 Å². The van der Waals surface area contributed by atoms with Gasteiger partial charge in [0.1, 0.15) is 42.2 Å². The van der Waals surface area contributed by atoms with Crippen molar-refractivity contribution in [1.29, 1.82) is 5.26 Å². The first-order valence-corrected chi connectivity index (χ1v) is 26.2. The number of nitriles is 1. The Hall–Kier alpha value is -4.20. The van der Waals surface area contributed by atoms with E-state index in [1.54, 1.807) is 21.1 Å². The Kier molecular flexibility index (Phi) is 18.9. The van der Waals surface area contributed by atoms with Gasteiger partial charge in [-0.2, -0.15) is 5.26 Å². The highest BCUT2D eigenvalue weighted by atomic mass is 31.2. The van der Waals surface area contributed by atoms with Crippen LogP contribution in [0, 0.1) is 18.3 Å². The average Bonchev–Trinajstić information content (AvgIpc) is 3.62. The lowest BCUT2D eigenvalue weighted by Crippen LogP contribution is -2.49. The minimum absolute atomic E-state index is 0.0243. The molecule has 0 bridgehead atoms. The summed E-state index contributed by atoms with van der Waals surface area (Å²) in [5.74, 6) is 1.36. The van der Waals surface area contributed by atoms with Crippen LogP contribution in [-0.4, -0.2) is 87.2 Å². The molecule has 1 unspecified atom stereocenters. The lowest BCUT2D eigenvalue weighted by atomic mass is 9.80. The molecule has 0 spiro atoms. The van der Waals surface area contributed by atoms with Gasteiger partial charge in [-0.3, -0.25) is 14.3 Å². The van der Waals surface area contributed by atoms with Crippen molar-refractivity contribution in [2.45, 2.75) is 141 Å². The first kappa shape index (κ1) is 52.8. The molecule has 5 atom stereocenters. The lowest BCUT2D eigenvalue weighted by molar-refractivity contribution is -0.116. The zero-order valence-electron chi connectivity index (χ0n) is 41.0. The predicted molar refractivity (Wildman–Crippen MR) is 260 cm³/mol. The molecule has 66 heavy (non-hydrogen) atoms. The molecule has 5 rings (SSSR count). The van der Waals surface area contributed by atoms with Crippen LogP contribution >= 0.6 is 8.53 Å². The number of hydrogen-bond acceptors (Lipinski definition) is 12. The minimum Gasteiger partial charge on any atom is -0.497 e. The number of aromatic amines is 1. The van der Waals surface area contributed by atoms with Gasteiger partial charge in [0.2, 0.25) is 8.32 Å². The van der Waals surface area contributed by atoms with Crippen LogP contribution in [0.25, 0.3) is 0 Å². The van der Waals surface area contributed by atoms with Gasteiger partial charge in [0.25, 0.3) is 14.1 Å². The zero-order valence-corrected chi connectivity index (χ0v) is 42.9. The third-order valence-corrected chi connectivity index (χ3v) is 20.7. The van der Waals surface area contributed by atoms with Gasteiger partial charge in [-0.25, -0.2) is 9.46 Å². The van der Waals surface area contributed by atoms with Gasteiger partial charge in [-0.15, -0.1) is 0 Å². The molecule has 1 aliphatic heterocycles. The highest BCUT2D eigenvalue weighted by Gasteiger charge is 2.53. The number of aryl methyl sites for hydroxylation is 1. The van der Waals surface area contributed by atoms with E-state index in [0.29, 0.717) is 17.1 Å². The van der Waals surface area contributed by atoms with Crippen LogP contribution < -0.4 is 20.7 Å². The van der Waals surface area contributed by atoms with E-state index in [-0.39, 0.29) is 55.1 Å². The smallest absolute Gasteiger partial charge is 0.330 e. The van der Waals surface area contributed by atoms with Crippen LogP contribution in [0.1, 0.15) is 104 Å². The molecule has 16 heteroatoms. The number of nitrogens with zero attached hydrogens (tertiary/aromatic N) is 3. The fourth-order valence-electron chi connectivity index (χ4n) is 9.54. The molecule has 4 aromatic rings. The molecule has 1 fully saturated rings. The Labute approximate surface area is 393 Å². The van der Waals surface area contributed by atoms with E-state index in [0.717, 1.165) is 16.7 Å². The SMILES string of the molecule is COc1ccc(C(OC[C@H]2O[C@@H](n3cc(C)c(=O)[nH]c3=O)[C@H](OCO[Si](C(C)C)(C(C)C)C(C)C)[C@@H]2OP(OCCC#N)N(C(C)C)C(C)C)(c2ccccc2)c2ccc(OC)cc2)cc1. The molecule has 1 aliphatic rings. The molecule has 14 nitrogen and oxygen atoms in total. The van der Waals surface area contributed by atoms with Gasteiger partial charge in [-0.05, 0) is 92.2 Å². The van der Waals surface area contributed by atoms with E-state index in [1.807, 2.05) is 78.9 Å². The van der Waals surface area contributed by atoms with Crippen molar-refractivity contribution in [2.75, 3.05) is 34.2 Å². The van der Waals surface area contributed by atoms with E-state index in [4.69, 9.17) is 37.2 Å². The van der Waals surface area contributed by atoms with Crippen molar-refractivity contribution >= 4 is 16.8 Å². The monoisotopic (exact) mass is 946 g/mol. The van der Waals surface area contributed by atoms with Crippen LogP contribution in [0.2, 0.25) is 16.6 Å². The molecule has 0 amide bonds. The summed E-state index contributed by atoms with van der Waals surface area (Å²) >= 11 is 0. The maximum atomic E-state index is 13.9. The number of hydrogen-bond donors (Lipinski definition) is 1. The van der Waals surface area contributed by atoms with E-state index < -0.39 is 58.2 Å². The van der Waals surface area contributed by atoms with Crippen molar-refractivity contribution in [2.24, 2.45) is 0 Å². The van der Waals surface area contributed by atoms with Crippen LogP contribution in [0.5, 0.6) is 11.5 Å². The van der Waals surface area contributed by atoms with E-state index >= 15 is 0 Å². The standard InChI is InChI=1S/C50H71N4O10PSi/c1-33(2)54(34(3)4)65(61-29-17-28-51)64-45-44(63-48(53-30-38(11)47(55)52-49(53)56)46(45)59-32-62-66(35(5)6,36(7)8)37(9)10)31-60-50(39-18-15-14-16-19-39,40-20-24-42(57-12)25-21-40)41-22-26-43(58-13)27-23-41/h14-16,18-27,30,33-37,44-46,48H,17,29,31-32H2,1-13H3,(H,52,55,56)/t44-,45-,46-,48-,65?/m1/s1. The largest absolute Gasteiger partial charge is 0.497 e. The van der Waals surface area contributed by atoms with Crippen LogP contribution in [0.3, 0.4) is 0 Å². The van der Waals surface area contributed by atoms with E-state index in [2.05, 4.69) is 85.0 Å². The van der Waals surface area contributed by atoms with Gasteiger partial charge in [0.15, 0.2) is 6.23 Å². The Morgan fingerprint density at radius 2 is 1.33 bits per heavy atom. The van der Waals surface area contributed by atoms with Crippen LogP contribution in [0.15, 0.2) is 94.6 Å². The number of rotatable bonds is 24. The Morgan fingerprint density at radius 1 is 0.803 bits per heavy atom. The molecule has 0 aliphatic carbocycles. The van der Waals surface area contributed by atoms with Gasteiger partial charge in [-0.1, -0.05) is 96.1 Å². The van der Waals surface area contributed by atoms with Gasteiger partial charge >= 0.3 is 5.69 Å². The number of aromatic nitrogens is 2. The summed E-state index contributed by atoms with van der Waals surface area (Å²) in [5.41, 5.74) is 1.16. The molecular weight excluding hydrogens is 876 g/mol. The average molecular weight is 947 g/mol. The zero-order chi connectivity index (χ0) is 48.3. The number of methoxy groups -OCH3 is 2. The molecule has 1 saturated heterocycles. The van der Waals surface area contributed by atoms with Crippen molar-refractivity contribution in [3.63, 3.8) is 0 Å². The summed E-state index contributed by atoms with van der Waals surface area (Å²) in [6.07, 6.45) is -2.32. The number of H-pyrrole nitrogens is 1. The number of ether oxygens (including phenoxy) is 5. The Bertz CT molecular complexity index is 2200. The second kappa shape index (κ2) is 23.7. The van der Waals surface area contributed by atoms with Crippen molar-refractivity contribution < 1.29 is 37.2 Å². The maximum absolute atomic E-state index is 13.9. The third-order valence-electron chi connectivity index (χ3n) is 12.5. The first-order valence-electron chi connectivity index (χ1n) is 22.9. The molecule has 3 aromatic carbocycles. The maximum Gasteiger partial charge on any atom is 0.330 e. The normalized spacial score (nSPS) is 18.5. The van der Waals surface area contributed by atoms with Crippen molar-refractivity contribution in [3.05, 3.63) is 128 Å². The Morgan fingerprint density at radius 3 is 1.82 bits per heavy atom. The molecule has 2 heterocycles. The molecule has 0 radical (unpaired) electrons. The second-order valence-electron chi connectivity index (χ2n) is 18.2. The summed E-state index contributed by atoms with van der Waals surface area (Å²) < 4.78 is 56.8. The summed E-state index contributed by atoms with van der Waals surface area (Å²) in [4.78, 5) is 29.2. The molecular formula is C50H71N4O10PSi. The Balaban J connectivity index is 1.73. The van der Waals surface area contributed by atoms with Gasteiger partial charge in [0.05, 0.1) is 39.9 Å². The topological polar surface area (TPSA) is 156 Å². The quantitative estimate of drug-likeness (QED) is 0.0234. The summed E-state index contributed by atoms with van der Waals surface area (Å²) in [5, 5.41) is 9.58. The second-order valence-corrected chi connectivity index (χ2v) is 25.1. The third kappa shape index (κ3) is 11.5. The predicted octanol–water partition coefficient (Wildman–Crippen LogP) is 9.96. The van der Waals surface area contributed by atoms with Crippen molar-refractivity contribution in [3.8, 4) is 17.6 Å². The van der Waals surface area contributed by atoms with Gasteiger partial charge in [0, 0.05) is 23.8 Å². The van der Waals surface area contributed by atoms with Crippen LogP contribution in [0.4, 0.5) is 0 Å². The summed E-state index contributed by atoms with van der Waals surface area (Å²) in [6, 6.07) is 27.6. The lowest BCUT2D eigenvalue weighted by Gasteiger charge is -2.42. The first-order chi connectivity index (χ1) is 31.5. The highest BCUT2D eigenvalue weighted by molar-refractivity contribution is 7.44. The highest BCUT2D eigenvalue weighted by Crippen LogP contribution is 2.52. The molecule has 1 aromatic heterocycles. The van der Waals surface area contributed by atoms with Crippen LogP contribution in [-0.2, 0) is 33.3 Å². The fourth-order valence-corrected chi connectivity index (χ4v) is 16.6. The van der Waals surface area contributed by atoms with E-state index in [1.165, 1.54) is 10.8 Å². The minimum atomic E-state index is -2.46. The molecule has 1 N–H and O–H groups in total. The molecule has 0 saturated carbocycles. The number of nitrogens with one attached hydrogen (secondary N) is 1. The summed E-state index contributed by atoms with van der Waals surface area (Å²) in [6.45, 7) is 23.1. The molecule has 360 valence electrons.